The lowest BCUT2D eigenvalue weighted by Crippen LogP contribution is -2.18. The fourth-order valence-electron chi connectivity index (χ4n) is 1.72. The molecule has 1 saturated heterocycles. The Bertz CT molecular complexity index is 330. The maximum atomic E-state index is 5.66. The van der Waals surface area contributed by atoms with Gasteiger partial charge >= 0.3 is 0 Å². The Balaban J connectivity index is 1.86. The molecule has 2 atom stereocenters. The van der Waals surface area contributed by atoms with Gasteiger partial charge in [0.05, 0.1) is 12.2 Å². The van der Waals surface area contributed by atoms with Gasteiger partial charge in [-0.1, -0.05) is 0 Å². The highest BCUT2D eigenvalue weighted by atomic mass is 16.5. The van der Waals surface area contributed by atoms with E-state index in [-0.39, 0.29) is 6.10 Å². The van der Waals surface area contributed by atoms with Crippen molar-refractivity contribution < 1.29 is 9.47 Å². The minimum Gasteiger partial charge on any atom is -0.487 e. The van der Waals surface area contributed by atoms with Crippen LogP contribution in [0.4, 0.5) is 5.82 Å². The molecule has 0 amide bonds. The molecule has 4 nitrogen and oxygen atoms in total. The first-order valence-corrected chi connectivity index (χ1v) is 5.24. The summed E-state index contributed by atoms with van der Waals surface area (Å²) in [5, 5.41) is 0. The molecule has 2 unspecified atom stereocenters. The Labute approximate surface area is 89.4 Å². The maximum Gasteiger partial charge on any atom is 0.166 e. The average molecular weight is 208 g/mol. The molecule has 1 fully saturated rings. The highest BCUT2D eigenvalue weighted by Gasteiger charge is 2.22. The largest absolute Gasteiger partial charge is 0.487 e. The molecule has 0 spiro atoms. The monoisotopic (exact) mass is 208 g/mol. The molecular formula is C11H16N2O2. The lowest BCUT2D eigenvalue weighted by Gasteiger charge is -2.13. The summed E-state index contributed by atoms with van der Waals surface area (Å²) in [4.78, 5) is 3.95. The molecule has 2 N–H and O–H groups in total. The molecule has 82 valence electrons. The minimum atomic E-state index is 0.194. The minimum absolute atomic E-state index is 0.194. The van der Waals surface area contributed by atoms with E-state index in [0.29, 0.717) is 24.3 Å². The zero-order valence-corrected chi connectivity index (χ0v) is 8.85. The second-order valence-corrected chi connectivity index (χ2v) is 3.84. The van der Waals surface area contributed by atoms with Crippen LogP contribution in [0.2, 0.25) is 0 Å². The van der Waals surface area contributed by atoms with Crippen LogP contribution < -0.4 is 10.5 Å². The van der Waals surface area contributed by atoms with Gasteiger partial charge in [0.2, 0.25) is 0 Å². The fraction of sp³-hybridized carbons (Fsp3) is 0.545. The van der Waals surface area contributed by atoms with E-state index in [0.717, 1.165) is 12.8 Å². The number of nitrogens with zero attached hydrogens (tertiary/aromatic N) is 1. The molecule has 0 aliphatic carbocycles. The van der Waals surface area contributed by atoms with Gasteiger partial charge < -0.3 is 15.2 Å². The Kier molecular flexibility index (Phi) is 3.06. The van der Waals surface area contributed by atoms with E-state index >= 15 is 0 Å². The van der Waals surface area contributed by atoms with Gasteiger partial charge in [0.25, 0.3) is 0 Å². The highest BCUT2D eigenvalue weighted by molar-refractivity contribution is 5.44. The lowest BCUT2D eigenvalue weighted by molar-refractivity contribution is 0.0266. The Hall–Kier alpha value is -1.29. The SMILES string of the molecule is CC1CCC(COc2cccnc2N)O1. The molecule has 2 heterocycles. The molecule has 15 heavy (non-hydrogen) atoms. The fourth-order valence-corrected chi connectivity index (χ4v) is 1.72. The number of pyridine rings is 1. The lowest BCUT2D eigenvalue weighted by atomic mass is 10.2. The van der Waals surface area contributed by atoms with Gasteiger partial charge in [-0.15, -0.1) is 0 Å². The molecule has 0 radical (unpaired) electrons. The van der Waals surface area contributed by atoms with Crippen LogP contribution in [-0.2, 0) is 4.74 Å². The first-order valence-electron chi connectivity index (χ1n) is 5.24. The summed E-state index contributed by atoms with van der Waals surface area (Å²) in [6.07, 6.45) is 4.36. The van der Waals surface area contributed by atoms with E-state index in [1.807, 2.05) is 12.1 Å². The summed E-state index contributed by atoms with van der Waals surface area (Å²) in [6.45, 7) is 2.64. The number of nitrogen functional groups attached to an aromatic ring is 1. The smallest absolute Gasteiger partial charge is 0.166 e. The third-order valence-corrected chi connectivity index (χ3v) is 2.54. The standard InChI is InChI=1S/C11H16N2O2/c1-8-4-5-9(15-8)7-14-10-3-2-6-13-11(10)12/h2-3,6,8-9H,4-5,7H2,1H3,(H2,12,13). The summed E-state index contributed by atoms with van der Waals surface area (Å²) in [6, 6.07) is 3.63. The summed E-state index contributed by atoms with van der Waals surface area (Å²) in [5.41, 5.74) is 5.66. The molecule has 0 bridgehead atoms. The van der Waals surface area contributed by atoms with Crippen molar-refractivity contribution in [2.75, 3.05) is 12.3 Å². The maximum absolute atomic E-state index is 5.66. The number of aromatic nitrogens is 1. The van der Waals surface area contributed by atoms with E-state index in [1.165, 1.54) is 0 Å². The predicted molar refractivity (Wildman–Crippen MR) is 57.7 cm³/mol. The van der Waals surface area contributed by atoms with E-state index in [1.54, 1.807) is 6.20 Å². The first kappa shape index (κ1) is 10.2. The number of hydrogen-bond donors (Lipinski definition) is 1. The van der Waals surface area contributed by atoms with E-state index in [4.69, 9.17) is 15.2 Å². The number of hydrogen-bond acceptors (Lipinski definition) is 4. The van der Waals surface area contributed by atoms with Crippen LogP contribution in [-0.4, -0.2) is 23.8 Å². The van der Waals surface area contributed by atoms with Crippen molar-refractivity contribution in [3.63, 3.8) is 0 Å². The van der Waals surface area contributed by atoms with E-state index < -0.39 is 0 Å². The van der Waals surface area contributed by atoms with Crippen LogP contribution in [0.3, 0.4) is 0 Å². The van der Waals surface area contributed by atoms with Crippen LogP contribution in [0.5, 0.6) is 5.75 Å². The number of anilines is 1. The van der Waals surface area contributed by atoms with Gasteiger partial charge in [0.15, 0.2) is 11.6 Å². The van der Waals surface area contributed by atoms with E-state index in [2.05, 4.69) is 11.9 Å². The molecule has 0 saturated carbocycles. The van der Waals surface area contributed by atoms with Crippen LogP contribution in [0.1, 0.15) is 19.8 Å². The molecule has 1 aliphatic heterocycles. The van der Waals surface area contributed by atoms with Gasteiger partial charge in [0.1, 0.15) is 6.61 Å². The summed E-state index contributed by atoms with van der Waals surface area (Å²) in [5.74, 6) is 1.07. The van der Waals surface area contributed by atoms with Crippen molar-refractivity contribution in [2.24, 2.45) is 0 Å². The van der Waals surface area contributed by atoms with Gasteiger partial charge in [0, 0.05) is 6.20 Å². The van der Waals surface area contributed by atoms with Crippen molar-refractivity contribution in [3.8, 4) is 5.75 Å². The molecule has 0 aromatic carbocycles. The Morgan fingerprint density at radius 1 is 1.60 bits per heavy atom. The van der Waals surface area contributed by atoms with Crippen molar-refractivity contribution in [1.82, 2.24) is 4.98 Å². The average Bonchev–Trinajstić information content (AvgIpc) is 2.63. The molecule has 1 aromatic heterocycles. The van der Waals surface area contributed by atoms with Crippen molar-refractivity contribution in [3.05, 3.63) is 18.3 Å². The number of nitrogens with two attached hydrogens (primary N) is 1. The van der Waals surface area contributed by atoms with Crippen molar-refractivity contribution in [2.45, 2.75) is 32.0 Å². The van der Waals surface area contributed by atoms with Gasteiger partial charge in [-0.3, -0.25) is 0 Å². The normalized spacial score (nSPS) is 25.4. The molecule has 2 rings (SSSR count). The number of ether oxygens (including phenoxy) is 2. The molecule has 4 heteroatoms. The second kappa shape index (κ2) is 4.49. The third kappa shape index (κ3) is 2.59. The van der Waals surface area contributed by atoms with Crippen LogP contribution in [0.25, 0.3) is 0 Å². The Morgan fingerprint density at radius 3 is 3.13 bits per heavy atom. The summed E-state index contributed by atoms with van der Waals surface area (Å²) >= 11 is 0. The third-order valence-electron chi connectivity index (χ3n) is 2.54. The first-order chi connectivity index (χ1) is 7.25. The Morgan fingerprint density at radius 2 is 2.47 bits per heavy atom. The van der Waals surface area contributed by atoms with Crippen LogP contribution >= 0.6 is 0 Å². The van der Waals surface area contributed by atoms with Gasteiger partial charge in [-0.05, 0) is 31.9 Å². The number of rotatable bonds is 3. The van der Waals surface area contributed by atoms with Crippen molar-refractivity contribution >= 4 is 5.82 Å². The van der Waals surface area contributed by atoms with Crippen LogP contribution in [0.15, 0.2) is 18.3 Å². The van der Waals surface area contributed by atoms with Crippen molar-refractivity contribution in [1.29, 1.82) is 0 Å². The highest BCUT2D eigenvalue weighted by Crippen LogP contribution is 2.22. The molecule has 1 aromatic rings. The summed E-state index contributed by atoms with van der Waals surface area (Å²) in [7, 11) is 0. The molecular weight excluding hydrogens is 192 g/mol. The van der Waals surface area contributed by atoms with Crippen LogP contribution in [0, 0.1) is 0 Å². The zero-order chi connectivity index (χ0) is 10.7. The predicted octanol–water partition coefficient (Wildman–Crippen LogP) is 1.61. The topological polar surface area (TPSA) is 57.4 Å². The second-order valence-electron chi connectivity index (χ2n) is 3.84. The quantitative estimate of drug-likeness (QED) is 0.819. The van der Waals surface area contributed by atoms with Gasteiger partial charge in [-0.2, -0.15) is 0 Å². The summed E-state index contributed by atoms with van der Waals surface area (Å²) < 4.78 is 11.2. The molecule has 1 aliphatic rings. The zero-order valence-electron chi connectivity index (χ0n) is 8.85. The van der Waals surface area contributed by atoms with Gasteiger partial charge in [-0.25, -0.2) is 4.98 Å². The van der Waals surface area contributed by atoms with E-state index in [9.17, 15) is 0 Å².